The van der Waals surface area contributed by atoms with Crippen LogP contribution in [-0.4, -0.2) is 17.9 Å². The first kappa shape index (κ1) is 13.4. The number of isocyanates is 1. The molecule has 0 bridgehead atoms. The number of thioether (sulfide) groups is 1. The van der Waals surface area contributed by atoms with Crippen molar-refractivity contribution in [2.75, 3.05) is 6.54 Å². The summed E-state index contributed by atoms with van der Waals surface area (Å²) in [6, 6.07) is 8.84. The Labute approximate surface area is 113 Å². The highest BCUT2D eigenvalue weighted by atomic mass is 32.2. The molecule has 0 aromatic heterocycles. The first-order valence-corrected chi connectivity index (χ1v) is 7.55. The molecular formula is C15H19NOS. The third-order valence-corrected chi connectivity index (χ3v) is 4.68. The summed E-state index contributed by atoms with van der Waals surface area (Å²) in [4.78, 5) is 14.9. The topological polar surface area (TPSA) is 29.4 Å². The van der Waals surface area contributed by atoms with Gasteiger partial charge in [0.2, 0.25) is 6.08 Å². The maximum Gasteiger partial charge on any atom is 0.234 e. The molecule has 0 aliphatic heterocycles. The Balaban J connectivity index is 1.79. The molecule has 1 aliphatic rings. The van der Waals surface area contributed by atoms with Crippen LogP contribution in [0.2, 0.25) is 0 Å². The molecule has 1 fully saturated rings. The number of rotatable bonds is 6. The van der Waals surface area contributed by atoms with Gasteiger partial charge in [0.05, 0.1) is 6.54 Å². The second-order valence-corrected chi connectivity index (χ2v) is 6.12. The average molecular weight is 261 g/mol. The van der Waals surface area contributed by atoms with E-state index in [0.717, 1.165) is 18.1 Å². The molecule has 0 spiro atoms. The van der Waals surface area contributed by atoms with Crippen LogP contribution in [0.1, 0.15) is 37.7 Å². The molecule has 18 heavy (non-hydrogen) atoms. The van der Waals surface area contributed by atoms with Crippen molar-refractivity contribution in [3.05, 3.63) is 29.8 Å². The summed E-state index contributed by atoms with van der Waals surface area (Å²) in [5, 5.41) is 0.831. The maximum atomic E-state index is 9.93. The van der Waals surface area contributed by atoms with E-state index in [4.69, 9.17) is 0 Å². The molecular weight excluding hydrogens is 242 g/mol. The lowest BCUT2D eigenvalue weighted by molar-refractivity contribution is 0.562. The second-order valence-electron chi connectivity index (χ2n) is 4.74. The minimum absolute atomic E-state index is 0.585. The molecule has 0 unspecified atom stereocenters. The molecule has 1 aromatic rings. The van der Waals surface area contributed by atoms with Crippen molar-refractivity contribution in [2.24, 2.45) is 4.99 Å². The molecule has 2 nitrogen and oxygen atoms in total. The van der Waals surface area contributed by atoms with Crippen LogP contribution in [0.4, 0.5) is 0 Å². The smallest absolute Gasteiger partial charge is 0.211 e. The van der Waals surface area contributed by atoms with Crippen LogP contribution in [0, 0.1) is 0 Å². The summed E-state index contributed by atoms with van der Waals surface area (Å²) in [5.74, 6) is 0. The Morgan fingerprint density at radius 1 is 1.22 bits per heavy atom. The van der Waals surface area contributed by atoms with Crippen LogP contribution >= 0.6 is 11.8 Å². The third-order valence-electron chi connectivity index (χ3n) is 3.33. The van der Waals surface area contributed by atoms with E-state index in [0.29, 0.717) is 6.54 Å². The van der Waals surface area contributed by atoms with Crippen LogP contribution in [0.15, 0.2) is 34.2 Å². The van der Waals surface area contributed by atoms with Gasteiger partial charge >= 0.3 is 0 Å². The zero-order valence-corrected chi connectivity index (χ0v) is 11.4. The Hall–Kier alpha value is -1.05. The molecule has 0 saturated heterocycles. The van der Waals surface area contributed by atoms with Gasteiger partial charge in [-0.2, -0.15) is 0 Å². The highest BCUT2D eigenvalue weighted by Crippen LogP contribution is 2.34. The molecule has 2 rings (SSSR count). The minimum Gasteiger partial charge on any atom is -0.211 e. The fraction of sp³-hybridized carbons (Fsp3) is 0.533. The van der Waals surface area contributed by atoms with E-state index in [2.05, 4.69) is 29.3 Å². The normalized spacial score (nSPS) is 15.6. The molecule has 3 heteroatoms. The largest absolute Gasteiger partial charge is 0.234 e. The van der Waals surface area contributed by atoms with Crippen LogP contribution in [0.25, 0.3) is 0 Å². The van der Waals surface area contributed by atoms with Crippen LogP contribution in [-0.2, 0) is 11.2 Å². The Bertz CT molecular complexity index is 403. The number of benzene rings is 1. The van der Waals surface area contributed by atoms with E-state index in [1.165, 1.54) is 36.1 Å². The van der Waals surface area contributed by atoms with Gasteiger partial charge in [0.15, 0.2) is 0 Å². The number of aliphatic imine (C=N–C) groups is 1. The molecule has 1 aliphatic carbocycles. The highest BCUT2D eigenvalue weighted by Gasteiger charge is 2.15. The van der Waals surface area contributed by atoms with Gasteiger partial charge in [0.1, 0.15) is 0 Å². The van der Waals surface area contributed by atoms with Gasteiger partial charge in [0.25, 0.3) is 0 Å². The molecule has 0 radical (unpaired) electrons. The van der Waals surface area contributed by atoms with Gasteiger partial charge < -0.3 is 0 Å². The lowest BCUT2D eigenvalue weighted by Crippen LogP contribution is -1.93. The summed E-state index contributed by atoms with van der Waals surface area (Å²) < 4.78 is 0. The van der Waals surface area contributed by atoms with Gasteiger partial charge in [-0.25, -0.2) is 9.79 Å². The number of aryl methyl sites for hydroxylation is 1. The highest BCUT2D eigenvalue weighted by molar-refractivity contribution is 8.00. The molecule has 0 N–H and O–H groups in total. The van der Waals surface area contributed by atoms with Gasteiger partial charge in [-0.1, -0.05) is 25.0 Å². The summed E-state index contributed by atoms with van der Waals surface area (Å²) in [6.07, 6.45) is 9.02. The van der Waals surface area contributed by atoms with Crippen LogP contribution < -0.4 is 0 Å². The predicted molar refractivity (Wildman–Crippen MR) is 75.9 cm³/mol. The van der Waals surface area contributed by atoms with Gasteiger partial charge in [-0.05, 0) is 43.4 Å². The van der Waals surface area contributed by atoms with E-state index in [9.17, 15) is 4.79 Å². The third kappa shape index (κ3) is 4.32. The summed E-state index contributed by atoms with van der Waals surface area (Å²) in [7, 11) is 0. The number of nitrogens with zero attached hydrogens (tertiary/aromatic N) is 1. The summed E-state index contributed by atoms with van der Waals surface area (Å²) in [6.45, 7) is 0.585. The molecule has 1 saturated carbocycles. The first-order chi connectivity index (χ1) is 8.88. The standard InChI is InChI=1S/C15H19NOS/c17-12-16-11-3-4-13-7-9-15(10-8-13)18-14-5-1-2-6-14/h7-10,14H,1-6,11H2. The lowest BCUT2D eigenvalue weighted by Gasteiger charge is -2.09. The van der Waals surface area contributed by atoms with Crippen LogP contribution in [0.3, 0.4) is 0 Å². The van der Waals surface area contributed by atoms with Crippen molar-refractivity contribution in [2.45, 2.75) is 48.7 Å². The van der Waals surface area contributed by atoms with E-state index < -0.39 is 0 Å². The predicted octanol–water partition coefficient (Wildman–Crippen LogP) is 3.99. The first-order valence-electron chi connectivity index (χ1n) is 6.68. The van der Waals surface area contributed by atoms with Crippen molar-refractivity contribution in [1.82, 2.24) is 0 Å². The maximum absolute atomic E-state index is 9.93. The molecule has 1 aromatic carbocycles. The van der Waals surface area contributed by atoms with Crippen molar-refractivity contribution >= 4 is 17.8 Å². The summed E-state index contributed by atoms with van der Waals surface area (Å²) >= 11 is 2.02. The fourth-order valence-electron chi connectivity index (χ4n) is 2.34. The summed E-state index contributed by atoms with van der Waals surface area (Å²) in [5.41, 5.74) is 1.33. The molecule has 96 valence electrons. The Morgan fingerprint density at radius 2 is 1.94 bits per heavy atom. The molecule has 0 heterocycles. The molecule has 0 amide bonds. The monoisotopic (exact) mass is 261 g/mol. The van der Waals surface area contributed by atoms with Gasteiger partial charge in [-0.3, -0.25) is 0 Å². The van der Waals surface area contributed by atoms with Crippen LogP contribution in [0.5, 0.6) is 0 Å². The number of hydrogen-bond acceptors (Lipinski definition) is 3. The lowest BCUT2D eigenvalue weighted by atomic mass is 10.1. The quantitative estimate of drug-likeness (QED) is 0.440. The van der Waals surface area contributed by atoms with Crippen molar-refractivity contribution in [3.8, 4) is 0 Å². The Morgan fingerprint density at radius 3 is 2.61 bits per heavy atom. The van der Waals surface area contributed by atoms with Gasteiger partial charge in [0, 0.05) is 10.1 Å². The minimum atomic E-state index is 0.585. The van der Waals surface area contributed by atoms with E-state index in [1.54, 1.807) is 6.08 Å². The average Bonchev–Trinajstić information content (AvgIpc) is 2.89. The van der Waals surface area contributed by atoms with Crippen molar-refractivity contribution in [3.63, 3.8) is 0 Å². The SMILES string of the molecule is O=C=NCCCc1ccc(SC2CCCC2)cc1. The van der Waals surface area contributed by atoms with E-state index in [-0.39, 0.29) is 0 Å². The zero-order valence-electron chi connectivity index (χ0n) is 10.6. The zero-order chi connectivity index (χ0) is 12.6. The number of hydrogen-bond donors (Lipinski definition) is 0. The number of carbonyl (C=O) groups excluding carboxylic acids is 1. The van der Waals surface area contributed by atoms with Crippen molar-refractivity contribution < 1.29 is 4.79 Å². The fourth-order valence-corrected chi connectivity index (χ4v) is 3.59. The van der Waals surface area contributed by atoms with Gasteiger partial charge in [-0.15, -0.1) is 11.8 Å². The Kier molecular flexibility index (Phi) is 5.50. The van der Waals surface area contributed by atoms with Crippen molar-refractivity contribution in [1.29, 1.82) is 0 Å². The van der Waals surface area contributed by atoms with E-state index >= 15 is 0 Å². The van der Waals surface area contributed by atoms with E-state index in [1.807, 2.05) is 11.8 Å². The second kappa shape index (κ2) is 7.40. The molecule has 0 atom stereocenters.